The van der Waals surface area contributed by atoms with Crippen LogP contribution in [0.2, 0.25) is 0 Å². The van der Waals surface area contributed by atoms with Crippen LogP contribution in [0.1, 0.15) is 5.56 Å². The quantitative estimate of drug-likeness (QED) is 0.623. The standard InChI is InChI=1S/C17H14N4O2/c1-22-14-8-11(6-7-18-14)9-19-17-16-15(20-10-21-17)12-4-2-3-5-13(12)23-16/h2-8,10H,9H2,1H3,(H,19,20,21). The van der Waals surface area contributed by atoms with Gasteiger partial charge in [-0.15, -0.1) is 0 Å². The maximum Gasteiger partial charge on any atom is 0.213 e. The largest absolute Gasteiger partial charge is 0.481 e. The van der Waals surface area contributed by atoms with Crippen molar-refractivity contribution < 1.29 is 9.15 Å². The Morgan fingerprint density at radius 3 is 2.96 bits per heavy atom. The number of hydrogen-bond acceptors (Lipinski definition) is 6. The lowest BCUT2D eigenvalue weighted by atomic mass is 10.2. The van der Waals surface area contributed by atoms with Crippen molar-refractivity contribution >= 4 is 27.9 Å². The highest BCUT2D eigenvalue weighted by Crippen LogP contribution is 2.30. The maximum atomic E-state index is 5.89. The number of methoxy groups -OCH3 is 1. The van der Waals surface area contributed by atoms with Crippen molar-refractivity contribution in [3.63, 3.8) is 0 Å². The third-order valence-electron chi connectivity index (χ3n) is 3.63. The molecule has 0 aliphatic heterocycles. The molecule has 0 unspecified atom stereocenters. The summed E-state index contributed by atoms with van der Waals surface area (Å²) in [5, 5.41) is 4.27. The third kappa shape index (κ3) is 2.44. The summed E-state index contributed by atoms with van der Waals surface area (Å²) in [6.07, 6.45) is 3.26. The zero-order valence-electron chi connectivity index (χ0n) is 12.5. The summed E-state index contributed by atoms with van der Waals surface area (Å²) >= 11 is 0. The van der Waals surface area contributed by atoms with E-state index in [1.807, 2.05) is 36.4 Å². The van der Waals surface area contributed by atoms with E-state index < -0.39 is 0 Å². The monoisotopic (exact) mass is 306 g/mol. The van der Waals surface area contributed by atoms with E-state index in [9.17, 15) is 0 Å². The van der Waals surface area contributed by atoms with Crippen molar-refractivity contribution in [3.8, 4) is 5.88 Å². The van der Waals surface area contributed by atoms with Crippen molar-refractivity contribution in [1.29, 1.82) is 0 Å². The molecule has 0 saturated carbocycles. The van der Waals surface area contributed by atoms with Gasteiger partial charge < -0.3 is 14.5 Å². The minimum absolute atomic E-state index is 0.584. The number of anilines is 1. The van der Waals surface area contributed by atoms with Gasteiger partial charge in [-0.25, -0.2) is 15.0 Å². The molecule has 6 heteroatoms. The van der Waals surface area contributed by atoms with Gasteiger partial charge in [0.25, 0.3) is 0 Å². The number of fused-ring (bicyclic) bond motifs is 3. The summed E-state index contributed by atoms with van der Waals surface area (Å²) in [6, 6.07) is 11.6. The van der Waals surface area contributed by atoms with E-state index >= 15 is 0 Å². The average molecular weight is 306 g/mol. The van der Waals surface area contributed by atoms with E-state index in [4.69, 9.17) is 9.15 Å². The highest BCUT2D eigenvalue weighted by Gasteiger charge is 2.12. The second kappa shape index (κ2) is 5.57. The van der Waals surface area contributed by atoms with Crippen LogP contribution < -0.4 is 10.1 Å². The molecule has 0 radical (unpaired) electrons. The smallest absolute Gasteiger partial charge is 0.213 e. The molecule has 0 amide bonds. The van der Waals surface area contributed by atoms with E-state index in [1.54, 1.807) is 19.6 Å². The summed E-state index contributed by atoms with van der Waals surface area (Å²) < 4.78 is 11.0. The molecule has 0 aliphatic rings. The molecular weight excluding hydrogens is 292 g/mol. The molecule has 0 bridgehead atoms. The van der Waals surface area contributed by atoms with Crippen LogP contribution in [0.3, 0.4) is 0 Å². The summed E-state index contributed by atoms with van der Waals surface area (Å²) in [5.41, 5.74) is 3.32. The highest BCUT2D eigenvalue weighted by molar-refractivity contribution is 6.05. The summed E-state index contributed by atoms with van der Waals surface area (Å²) in [7, 11) is 1.60. The number of nitrogens with one attached hydrogen (secondary N) is 1. The van der Waals surface area contributed by atoms with Gasteiger partial charge in [-0.1, -0.05) is 12.1 Å². The Hall–Kier alpha value is -3.15. The van der Waals surface area contributed by atoms with Gasteiger partial charge in [0.1, 0.15) is 17.4 Å². The first-order chi connectivity index (χ1) is 11.3. The molecule has 1 N–H and O–H groups in total. The van der Waals surface area contributed by atoms with E-state index in [2.05, 4.69) is 20.3 Å². The number of rotatable bonds is 4. The fourth-order valence-corrected chi connectivity index (χ4v) is 2.51. The molecule has 0 fully saturated rings. The number of benzene rings is 1. The second-order valence-corrected chi connectivity index (χ2v) is 5.06. The molecule has 0 atom stereocenters. The Morgan fingerprint density at radius 2 is 2.04 bits per heavy atom. The molecule has 3 aromatic heterocycles. The Bertz CT molecular complexity index is 981. The summed E-state index contributed by atoms with van der Waals surface area (Å²) in [5.74, 6) is 1.25. The van der Waals surface area contributed by atoms with E-state index in [0.717, 1.165) is 22.0 Å². The van der Waals surface area contributed by atoms with E-state index in [-0.39, 0.29) is 0 Å². The minimum atomic E-state index is 0.584. The Balaban J connectivity index is 1.68. The molecule has 114 valence electrons. The SMILES string of the molecule is COc1cc(CNc2ncnc3c2oc2ccccc23)ccn1. The first-order valence-electron chi connectivity index (χ1n) is 7.20. The van der Waals surface area contributed by atoms with Gasteiger partial charge in [0.05, 0.1) is 7.11 Å². The molecule has 23 heavy (non-hydrogen) atoms. The van der Waals surface area contributed by atoms with Crippen molar-refractivity contribution in [2.24, 2.45) is 0 Å². The van der Waals surface area contributed by atoms with Crippen LogP contribution in [0.25, 0.3) is 22.1 Å². The Labute approximate surface area is 132 Å². The topological polar surface area (TPSA) is 73.1 Å². The number of para-hydroxylation sites is 1. The van der Waals surface area contributed by atoms with Crippen molar-refractivity contribution in [1.82, 2.24) is 15.0 Å². The fourth-order valence-electron chi connectivity index (χ4n) is 2.51. The summed E-state index contributed by atoms with van der Waals surface area (Å²) in [6.45, 7) is 0.585. The lowest BCUT2D eigenvalue weighted by Gasteiger charge is -2.06. The van der Waals surface area contributed by atoms with Gasteiger partial charge in [-0.2, -0.15) is 0 Å². The number of nitrogens with zero attached hydrogens (tertiary/aromatic N) is 3. The number of furan rings is 1. The van der Waals surface area contributed by atoms with Gasteiger partial charge in [0.2, 0.25) is 5.88 Å². The zero-order valence-corrected chi connectivity index (χ0v) is 12.5. The summed E-state index contributed by atoms with van der Waals surface area (Å²) in [4.78, 5) is 12.7. The molecule has 4 aromatic rings. The molecule has 0 spiro atoms. The third-order valence-corrected chi connectivity index (χ3v) is 3.63. The second-order valence-electron chi connectivity index (χ2n) is 5.06. The number of aromatic nitrogens is 3. The van der Waals surface area contributed by atoms with Gasteiger partial charge in [-0.05, 0) is 23.8 Å². The van der Waals surface area contributed by atoms with Gasteiger partial charge >= 0.3 is 0 Å². The predicted molar refractivity (Wildman–Crippen MR) is 87.4 cm³/mol. The molecule has 1 aromatic carbocycles. The van der Waals surface area contributed by atoms with E-state index in [1.165, 1.54) is 0 Å². The number of hydrogen-bond donors (Lipinski definition) is 1. The minimum Gasteiger partial charge on any atom is -0.481 e. The normalized spacial score (nSPS) is 11.0. The Morgan fingerprint density at radius 1 is 1.13 bits per heavy atom. The predicted octanol–water partition coefficient (Wildman–Crippen LogP) is 3.39. The number of ether oxygens (including phenoxy) is 1. The molecule has 3 heterocycles. The average Bonchev–Trinajstić information content (AvgIpc) is 2.99. The molecule has 6 nitrogen and oxygen atoms in total. The zero-order chi connectivity index (χ0) is 15.6. The number of pyridine rings is 1. The molecular formula is C17H14N4O2. The van der Waals surface area contributed by atoms with Crippen LogP contribution >= 0.6 is 0 Å². The van der Waals surface area contributed by atoms with Crippen molar-refractivity contribution in [2.45, 2.75) is 6.54 Å². The van der Waals surface area contributed by atoms with Crippen LogP contribution in [0.4, 0.5) is 5.82 Å². The maximum absolute atomic E-state index is 5.89. The van der Waals surface area contributed by atoms with Crippen LogP contribution in [0, 0.1) is 0 Å². The van der Waals surface area contributed by atoms with Crippen LogP contribution in [0.15, 0.2) is 53.3 Å². The lowest BCUT2D eigenvalue weighted by molar-refractivity contribution is 0.397. The van der Waals surface area contributed by atoms with Crippen LogP contribution in [-0.2, 0) is 6.54 Å². The first kappa shape index (κ1) is 13.5. The highest BCUT2D eigenvalue weighted by atomic mass is 16.5. The van der Waals surface area contributed by atoms with Gasteiger partial charge in [-0.3, -0.25) is 0 Å². The lowest BCUT2D eigenvalue weighted by Crippen LogP contribution is -2.02. The van der Waals surface area contributed by atoms with Crippen LogP contribution in [-0.4, -0.2) is 22.1 Å². The van der Waals surface area contributed by atoms with Gasteiger partial charge in [0, 0.05) is 24.2 Å². The van der Waals surface area contributed by atoms with Crippen molar-refractivity contribution in [3.05, 3.63) is 54.5 Å². The van der Waals surface area contributed by atoms with E-state index in [0.29, 0.717) is 23.8 Å². The van der Waals surface area contributed by atoms with Gasteiger partial charge in [0.15, 0.2) is 11.4 Å². The van der Waals surface area contributed by atoms with Crippen molar-refractivity contribution in [2.75, 3.05) is 12.4 Å². The Kier molecular flexibility index (Phi) is 3.27. The van der Waals surface area contributed by atoms with Crippen LogP contribution in [0.5, 0.6) is 5.88 Å². The molecule has 0 aliphatic carbocycles. The first-order valence-corrected chi connectivity index (χ1v) is 7.20. The molecule has 0 saturated heterocycles. The fraction of sp³-hybridized carbons (Fsp3) is 0.118. The molecule has 4 rings (SSSR count).